The van der Waals surface area contributed by atoms with E-state index in [0.717, 1.165) is 31.4 Å². The summed E-state index contributed by atoms with van der Waals surface area (Å²) < 4.78 is 38.2. The molecule has 0 aliphatic carbocycles. The first kappa shape index (κ1) is 16.1. The van der Waals surface area contributed by atoms with Crippen molar-refractivity contribution >= 4 is 17.5 Å². The van der Waals surface area contributed by atoms with Crippen molar-refractivity contribution in [3.63, 3.8) is 0 Å². The van der Waals surface area contributed by atoms with Crippen molar-refractivity contribution in [3.8, 4) is 0 Å². The number of likely N-dealkylation sites (tertiary alicyclic amines) is 1. The van der Waals surface area contributed by atoms with Crippen LogP contribution in [0.2, 0.25) is 0 Å². The predicted molar refractivity (Wildman–Crippen MR) is 75.5 cm³/mol. The summed E-state index contributed by atoms with van der Waals surface area (Å²) in [6.45, 7) is 0.580. The molecule has 116 valence electrons. The van der Waals surface area contributed by atoms with Gasteiger partial charge in [0.1, 0.15) is 0 Å². The number of carbonyl (C=O) groups excluding carboxylic acids is 1. The lowest BCUT2D eigenvalue weighted by atomic mass is 9.98. The third-order valence-corrected chi connectivity index (χ3v) is 3.99. The van der Waals surface area contributed by atoms with E-state index >= 15 is 0 Å². The second-order valence-electron chi connectivity index (χ2n) is 5.20. The van der Waals surface area contributed by atoms with Gasteiger partial charge in [-0.05, 0) is 43.9 Å². The van der Waals surface area contributed by atoms with Gasteiger partial charge in [-0.2, -0.15) is 13.2 Å². The number of amides is 1. The SMILES string of the molecule is O=C(c1cccc(C(F)(F)F)c1)N1CCCCC1CCCl. The fraction of sp³-hybridized carbons (Fsp3) is 0.533. The fourth-order valence-corrected chi connectivity index (χ4v) is 2.94. The maximum absolute atomic E-state index is 12.7. The first-order valence-electron chi connectivity index (χ1n) is 6.97. The molecular formula is C15H17ClF3NO. The van der Waals surface area contributed by atoms with E-state index in [-0.39, 0.29) is 17.5 Å². The molecule has 1 saturated heterocycles. The molecule has 0 spiro atoms. The Morgan fingerprint density at radius 2 is 2.10 bits per heavy atom. The van der Waals surface area contributed by atoms with Gasteiger partial charge in [-0.25, -0.2) is 0 Å². The highest BCUT2D eigenvalue weighted by atomic mass is 35.5. The van der Waals surface area contributed by atoms with E-state index in [1.807, 2.05) is 0 Å². The summed E-state index contributed by atoms with van der Waals surface area (Å²) in [6.07, 6.45) is -1.01. The monoisotopic (exact) mass is 319 g/mol. The van der Waals surface area contributed by atoms with Crippen molar-refractivity contribution in [2.45, 2.75) is 37.9 Å². The Hall–Kier alpha value is -1.23. The zero-order valence-electron chi connectivity index (χ0n) is 11.5. The summed E-state index contributed by atoms with van der Waals surface area (Å²) in [7, 11) is 0. The summed E-state index contributed by atoms with van der Waals surface area (Å²) >= 11 is 5.75. The Balaban J connectivity index is 2.22. The summed E-state index contributed by atoms with van der Waals surface area (Å²) in [5.41, 5.74) is -0.703. The quantitative estimate of drug-likeness (QED) is 0.759. The number of rotatable bonds is 3. The topological polar surface area (TPSA) is 20.3 Å². The molecule has 2 nitrogen and oxygen atoms in total. The molecule has 1 atom stereocenters. The van der Waals surface area contributed by atoms with E-state index in [1.165, 1.54) is 12.1 Å². The molecule has 0 N–H and O–H groups in total. The summed E-state index contributed by atoms with van der Waals surface area (Å²) in [6, 6.07) is 4.64. The maximum Gasteiger partial charge on any atom is 0.416 e. The van der Waals surface area contributed by atoms with Crippen molar-refractivity contribution in [1.82, 2.24) is 4.90 Å². The van der Waals surface area contributed by atoms with Crippen LogP contribution in [0.15, 0.2) is 24.3 Å². The Kier molecular flexibility index (Phi) is 5.14. The van der Waals surface area contributed by atoms with Gasteiger partial charge in [0.15, 0.2) is 0 Å². The normalized spacial score (nSPS) is 19.6. The number of alkyl halides is 4. The Morgan fingerprint density at radius 1 is 1.33 bits per heavy atom. The van der Waals surface area contributed by atoms with Gasteiger partial charge in [-0.3, -0.25) is 4.79 Å². The summed E-state index contributed by atoms with van der Waals surface area (Å²) in [5, 5.41) is 0. The van der Waals surface area contributed by atoms with E-state index in [2.05, 4.69) is 0 Å². The van der Waals surface area contributed by atoms with Crippen LogP contribution in [0.3, 0.4) is 0 Å². The molecule has 6 heteroatoms. The van der Waals surface area contributed by atoms with Gasteiger partial charge < -0.3 is 4.90 Å². The average Bonchev–Trinajstić information content (AvgIpc) is 2.47. The second-order valence-corrected chi connectivity index (χ2v) is 5.58. The van der Waals surface area contributed by atoms with E-state index in [1.54, 1.807) is 4.90 Å². The Labute approximate surface area is 126 Å². The molecule has 1 amide bonds. The van der Waals surface area contributed by atoms with Gasteiger partial charge in [-0.15, -0.1) is 11.6 Å². The number of halogens is 4. The molecule has 0 bridgehead atoms. The standard InChI is InChI=1S/C15H17ClF3NO/c16-8-7-13-6-1-2-9-20(13)14(21)11-4-3-5-12(10-11)15(17,18)19/h3-5,10,13H,1-2,6-9H2. The van der Waals surface area contributed by atoms with Crippen LogP contribution in [0, 0.1) is 0 Å². The van der Waals surface area contributed by atoms with Gasteiger partial charge in [0.2, 0.25) is 0 Å². The first-order valence-corrected chi connectivity index (χ1v) is 7.51. The molecule has 0 saturated carbocycles. The van der Waals surface area contributed by atoms with E-state index < -0.39 is 11.7 Å². The number of piperidine rings is 1. The van der Waals surface area contributed by atoms with E-state index in [0.29, 0.717) is 18.8 Å². The predicted octanol–water partition coefficient (Wildman–Crippen LogP) is 4.33. The van der Waals surface area contributed by atoms with Crippen LogP contribution >= 0.6 is 11.6 Å². The van der Waals surface area contributed by atoms with Crippen LogP contribution < -0.4 is 0 Å². The molecule has 1 aromatic rings. The second kappa shape index (κ2) is 6.69. The molecule has 21 heavy (non-hydrogen) atoms. The minimum Gasteiger partial charge on any atom is -0.336 e. The maximum atomic E-state index is 12.7. The smallest absolute Gasteiger partial charge is 0.336 e. The lowest BCUT2D eigenvalue weighted by Crippen LogP contribution is -2.44. The zero-order chi connectivity index (χ0) is 15.5. The van der Waals surface area contributed by atoms with Crippen LogP contribution in [0.4, 0.5) is 13.2 Å². The van der Waals surface area contributed by atoms with Crippen LogP contribution in [-0.4, -0.2) is 29.3 Å². The highest BCUT2D eigenvalue weighted by Gasteiger charge is 2.32. The van der Waals surface area contributed by atoms with Gasteiger partial charge >= 0.3 is 6.18 Å². The van der Waals surface area contributed by atoms with Crippen LogP contribution in [0.1, 0.15) is 41.6 Å². The summed E-state index contributed by atoms with van der Waals surface area (Å²) in [5.74, 6) is 0.104. The highest BCUT2D eigenvalue weighted by Crippen LogP contribution is 2.30. The Morgan fingerprint density at radius 3 is 2.76 bits per heavy atom. The number of hydrogen-bond acceptors (Lipinski definition) is 1. The van der Waals surface area contributed by atoms with Gasteiger partial charge in [0.25, 0.3) is 5.91 Å². The van der Waals surface area contributed by atoms with E-state index in [4.69, 9.17) is 11.6 Å². The number of carbonyl (C=O) groups is 1. The van der Waals surface area contributed by atoms with Crippen LogP contribution in [0.5, 0.6) is 0 Å². The van der Waals surface area contributed by atoms with Crippen molar-refractivity contribution in [3.05, 3.63) is 35.4 Å². The molecule has 1 fully saturated rings. The number of benzene rings is 1. The minimum atomic E-state index is -4.44. The van der Waals surface area contributed by atoms with Crippen molar-refractivity contribution < 1.29 is 18.0 Å². The first-order chi connectivity index (χ1) is 9.93. The largest absolute Gasteiger partial charge is 0.416 e. The lowest BCUT2D eigenvalue weighted by Gasteiger charge is -2.35. The molecule has 1 aliphatic rings. The Bertz CT molecular complexity index is 502. The van der Waals surface area contributed by atoms with Gasteiger partial charge in [-0.1, -0.05) is 6.07 Å². The molecule has 2 rings (SSSR count). The molecule has 0 radical (unpaired) electrons. The molecular weight excluding hydrogens is 303 g/mol. The average molecular weight is 320 g/mol. The van der Waals surface area contributed by atoms with Crippen LogP contribution in [0.25, 0.3) is 0 Å². The lowest BCUT2D eigenvalue weighted by molar-refractivity contribution is -0.137. The van der Waals surface area contributed by atoms with Crippen molar-refractivity contribution in [2.24, 2.45) is 0 Å². The number of hydrogen-bond donors (Lipinski definition) is 0. The fourth-order valence-electron chi connectivity index (χ4n) is 2.69. The molecule has 0 aromatic heterocycles. The highest BCUT2D eigenvalue weighted by molar-refractivity contribution is 6.17. The van der Waals surface area contributed by atoms with Crippen molar-refractivity contribution in [2.75, 3.05) is 12.4 Å². The molecule has 1 aromatic carbocycles. The van der Waals surface area contributed by atoms with Crippen LogP contribution in [-0.2, 0) is 6.18 Å². The zero-order valence-corrected chi connectivity index (χ0v) is 12.3. The van der Waals surface area contributed by atoms with E-state index in [9.17, 15) is 18.0 Å². The molecule has 1 heterocycles. The third-order valence-electron chi connectivity index (χ3n) is 3.77. The van der Waals surface area contributed by atoms with Gasteiger partial charge in [0.05, 0.1) is 5.56 Å². The molecule has 1 aliphatic heterocycles. The third kappa shape index (κ3) is 3.90. The minimum absolute atomic E-state index is 0.0262. The van der Waals surface area contributed by atoms with Gasteiger partial charge in [0, 0.05) is 24.0 Å². The summed E-state index contributed by atoms with van der Waals surface area (Å²) in [4.78, 5) is 14.1. The molecule has 1 unspecified atom stereocenters. The number of nitrogens with zero attached hydrogens (tertiary/aromatic N) is 1. The van der Waals surface area contributed by atoms with Crippen molar-refractivity contribution in [1.29, 1.82) is 0 Å².